The Morgan fingerprint density at radius 2 is 2.29 bits per heavy atom. The van der Waals surface area contributed by atoms with Gasteiger partial charge in [-0.05, 0) is 19.3 Å². The minimum atomic E-state index is -0.318. The van der Waals surface area contributed by atoms with Crippen molar-refractivity contribution in [3.8, 4) is 0 Å². The Kier molecular flexibility index (Phi) is 3.49. The molecule has 80 valence electrons. The molecule has 0 saturated carbocycles. The lowest BCUT2D eigenvalue weighted by Gasteiger charge is -2.20. The van der Waals surface area contributed by atoms with Crippen LogP contribution in [0.1, 0.15) is 40.0 Å². The van der Waals surface area contributed by atoms with Crippen LogP contribution in [0, 0.1) is 5.92 Å². The fourth-order valence-corrected chi connectivity index (χ4v) is 1.43. The number of carbonyl (C=O) groups excluding carboxylic acids is 2. The highest BCUT2D eigenvalue weighted by Gasteiger charge is 2.31. The first kappa shape index (κ1) is 11.0. The third-order valence-electron chi connectivity index (χ3n) is 2.20. The smallest absolute Gasteiger partial charge is 0.332 e. The van der Waals surface area contributed by atoms with Crippen LogP contribution in [0.15, 0.2) is 0 Å². The van der Waals surface area contributed by atoms with Crippen molar-refractivity contribution in [1.82, 2.24) is 5.06 Å². The van der Waals surface area contributed by atoms with Gasteiger partial charge in [-0.15, -0.1) is 0 Å². The Morgan fingerprint density at radius 1 is 1.64 bits per heavy atom. The fraction of sp³-hybridized carbons (Fsp3) is 0.800. The summed E-state index contributed by atoms with van der Waals surface area (Å²) in [6.45, 7) is 5.76. The molecule has 0 aliphatic carbocycles. The lowest BCUT2D eigenvalue weighted by atomic mass is 10.1. The second kappa shape index (κ2) is 4.44. The van der Waals surface area contributed by atoms with Crippen LogP contribution in [-0.2, 0) is 14.4 Å². The van der Waals surface area contributed by atoms with Gasteiger partial charge in [0.2, 0.25) is 0 Å². The fourth-order valence-electron chi connectivity index (χ4n) is 1.43. The van der Waals surface area contributed by atoms with E-state index >= 15 is 0 Å². The highest BCUT2D eigenvalue weighted by molar-refractivity contribution is 5.80. The summed E-state index contributed by atoms with van der Waals surface area (Å²) in [6, 6.07) is 0.0265. The third-order valence-corrected chi connectivity index (χ3v) is 2.20. The lowest BCUT2D eigenvalue weighted by molar-refractivity contribution is -0.200. The average Bonchev–Trinajstić information content (AvgIpc) is 2.34. The van der Waals surface area contributed by atoms with Gasteiger partial charge in [-0.1, -0.05) is 13.8 Å². The van der Waals surface area contributed by atoms with E-state index in [1.165, 1.54) is 5.06 Å². The largest absolute Gasteiger partial charge is 0.338 e. The van der Waals surface area contributed by atoms with Crippen LogP contribution in [0.2, 0.25) is 0 Å². The van der Waals surface area contributed by atoms with Gasteiger partial charge in [0.1, 0.15) is 0 Å². The van der Waals surface area contributed by atoms with Crippen molar-refractivity contribution in [1.29, 1.82) is 0 Å². The number of hydrogen-bond acceptors (Lipinski definition) is 3. The molecular formula is C10H17NO3. The summed E-state index contributed by atoms with van der Waals surface area (Å²) in [4.78, 5) is 27.5. The van der Waals surface area contributed by atoms with E-state index in [2.05, 4.69) is 0 Å². The zero-order valence-corrected chi connectivity index (χ0v) is 8.95. The molecule has 1 atom stereocenters. The minimum Gasteiger partial charge on any atom is -0.338 e. The molecule has 1 heterocycles. The van der Waals surface area contributed by atoms with E-state index in [1.807, 2.05) is 20.8 Å². The van der Waals surface area contributed by atoms with Crippen molar-refractivity contribution in [2.75, 3.05) is 0 Å². The molecule has 0 radical (unpaired) electrons. The molecule has 1 unspecified atom stereocenters. The maximum atomic E-state index is 11.3. The molecular weight excluding hydrogens is 182 g/mol. The van der Waals surface area contributed by atoms with Gasteiger partial charge in [0.25, 0.3) is 5.91 Å². The Morgan fingerprint density at radius 3 is 2.71 bits per heavy atom. The van der Waals surface area contributed by atoms with Crippen molar-refractivity contribution in [3.63, 3.8) is 0 Å². The molecule has 0 spiro atoms. The molecule has 1 aliphatic heterocycles. The zero-order valence-electron chi connectivity index (χ0n) is 8.95. The van der Waals surface area contributed by atoms with Gasteiger partial charge in [0.15, 0.2) is 0 Å². The highest BCUT2D eigenvalue weighted by Crippen LogP contribution is 2.19. The molecule has 0 aromatic rings. The number of hydrogen-bond donors (Lipinski definition) is 0. The van der Waals surface area contributed by atoms with Crippen LogP contribution in [0.4, 0.5) is 0 Å². The van der Waals surface area contributed by atoms with Crippen LogP contribution in [0.3, 0.4) is 0 Å². The summed E-state index contributed by atoms with van der Waals surface area (Å²) in [6.07, 6.45) is 1.61. The zero-order chi connectivity index (χ0) is 10.7. The number of nitrogens with zero attached hydrogens (tertiary/aromatic N) is 1. The molecule has 1 rings (SSSR count). The van der Waals surface area contributed by atoms with Crippen molar-refractivity contribution in [2.24, 2.45) is 5.92 Å². The molecule has 0 aromatic heterocycles. The molecule has 14 heavy (non-hydrogen) atoms. The summed E-state index contributed by atoms with van der Waals surface area (Å²) in [7, 11) is 0. The van der Waals surface area contributed by atoms with Crippen LogP contribution in [0.5, 0.6) is 0 Å². The summed E-state index contributed by atoms with van der Waals surface area (Å²) in [5.41, 5.74) is 0. The second-order valence-corrected chi connectivity index (χ2v) is 4.17. The van der Waals surface area contributed by atoms with Crippen LogP contribution in [-0.4, -0.2) is 23.0 Å². The summed E-state index contributed by atoms with van der Waals surface area (Å²) in [5.74, 6) is -0.146. The molecule has 0 N–H and O–H groups in total. The monoisotopic (exact) mass is 199 g/mol. The van der Waals surface area contributed by atoms with E-state index in [-0.39, 0.29) is 23.8 Å². The number of carbonyl (C=O) groups is 2. The Balaban J connectivity index is 2.43. The van der Waals surface area contributed by atoms with E-state index < -0.39 is 0 Å². The summed E-state index contributed by atoms with van der Waals surface area (Å²) < 4.78 is 0. The first-order valence-corrected chi connectivity index (χ1v) is 5.03. The standard InChI is InChI=1S/C10H17NO3/c1-7(2)6-10(13)14-11-8(3)4-5-9(11)12/h7-8H,4-6H2,1-3H3. The molecule has 4 heteroatoms. The number of amides is 1. The van der Waals surface area contributed by atoms with Crippen molar-refractivity contribution in [3.05, 3.63) is 0 Å². The molecule has 1 aliphatic rings. The minimum absolute atomic E-state index is 0.0265. The van der Waals surface area contributed by atoms with Gasteiger partial charge < -0.3 is 4.84 Å². The van der Waals surface area contributed by atoms with Gasteiger partial charge >= 0.3 is 5.97 Å². The highest BCUT2D eigenvalue weighted by atomic mass is 16.7. The number of hydroxylamine groups is 2. The molecule has 0 bridgehead atoms. The Hall–Kier alpha value is -1.06. The summed E-state index contributed by atoms with van der Waals surface area (Å²) >= 11 is 0. The first-order valence-electron chi connectivity index (χ1n) is 5.03. The van der Waals surface area contributed by atoms with Gasteiger partial charge in [-0.3, -0.25) is 4.79 Å². The van der Waals surface area contributed by atoms with Crippen LogP contribution < -0.4 is 0 Å². The van der Waals surface area contributed by atoms with Crippen molar-refractivity contribution < 1.29 is 14.4 Å². The number of rotatable bonds is 3. The van der Waals surface area contributed by atoms with Gasteiger partial charge in [-0.25, -0.2) is 4.79 Å². The SMILES string of the molecule is CC(C)CC(=O)ON1C(=O)CCC1C. The molecule has 1 saturated heterocycles. The molecule has 0 aromatic carbocycles. The third kappa shape index (κ3) is 2.72. The van der Waals surface area contributed by atoms with Crippen LogP contribution >= 0.6 is 0 Å². The average molecular weight is 199 g/mol. The van der Waals surface area contributed by atoms with Crippen molar-refractivity contribution in [2.45, 2.75) is 46.1 Å². The Bertz CT molecular complexity index is 238. The maximum absolute atomic E-state index is 11.3. The normalized spacial score (nSPS) is 21.9. The van der Waals surface area contributed by atoms with Gasteiger partial charge in [-0.2, -0.15) is 5.06 Å². The van der Waals surface area contributed by atoms with E-state index in [9.17, 15) is 9.59 Å². The van der Waals surface area contributed by atoms with E-state index in [0.29, 0.717) is 12.8 Å². The molecule has 1 fully saturated rings. The topological polar surface area (TPSA) is 46.6 Å². The second-order valence-electron chi connectivity index (χ2n) is 4.17. The molecule has 1 amide bonds. The van der Waals surface area contributed by atoms with Gasteiger partial charge in [0, 0.05) is 6.42 Å². The van der Waals surface area contributed by atoms with E-state index in [4.69, 9.17) is 4.84 Å². The lowest BCUT2D eigenvalue weighted by Crippen LogP contribution is -2.33. The Labute approximate surface area is 84.2 Å². The van der Waals surface area contributed by atoms with E-state index in [0.717, 1.165) is 6.42 Å². The first-order chi connectivity index (χ1) is 6.50. The quantitative estimate of drug-likeness (QED) is 0.692. The maximum Gasteiger partial charge on any atom is 0.332 e. The van der Waals surface area contributed by atoms with E-state index in [1.54, 1.807) is 0 Å². The predicted molar refractivity (Wildman–Crippen MR) is 51.1 cm³/mol. The van der Waals surface area contributed by atoms with Gasteiger partial charge in [0.05, 0.1) is 12.5 Å². The van der Waals surface area contributed by atoms with Crippen molar-refractivity contribution >= 4 is 11.9 Å². The summed E-state index contributed by atoms with van der Waals surface area (Å²) in [5, 5.41) is 1.21. The predicted octanol–water partition coefficient (Wildman–Crippen LogP) is 1.50. The van der Waals surface area contributed by atoms with Crippen LogP contribution in [0.25, 0.3) is 0 Å². The molecule has 4 nitrogen and oxygen atoms in total.